The molecule has 0 unspecified atom stereocenters. The van der Waals surface area contributed by atoms with Crippen molar-refractivity contribution in [3.8, 4) is 11.5 Å². The van der Waals surface area contributed by atoms with Gasteiger partial charge in [-0.2, -0.15) is 0 Å². The molecule has 6 nitrogen and oxygen atoms in total. The van der Waals surface area contributed by atoms with Crippen molar-refractivity contribution in [3.63, 3.8) is 0 Å². The van der Waals surface area contributed by atoms with Crippen molar-refractivity contribution in [1.29, 1.82) is 0 Å². The molecule has 0 saturated carbocycles. The summed E-state index contributed by atoms with van der Waals surface area (Å²) in [6.45, 7) is 5.85. The van der Waals surface area contributed by atoms with E-state index in [1.54, 1.807) is 7.05 Å². The monoisotopic (exact) mass is 346 g/mol. The molecular formula is C19H26N2O4. The van der Waals surface area contributed by atoms with Gasteiger partial charge in [-0.25, -0.2) is 5.06 Å². The van der Waals surface area contributed by atoms with Crippen LogP contribution in [-0.4, -0.2) is 55.4 Å². The van der Waals surface area contributed by atoms with Gasteiger partial charge in [0.25, 0.3) is 5.91 Å². The van der Waals surface area contributed by atoms with Gasteiger partial charge in [0.1, 0.15) is 5.54 Å². The Bertz CT molecular complexity index is 648. The second kappa shape index (κ2) is 7.45. The number of hydrogen-bond donors (Lipinski definition) is 0. The first kappa shape index (κ1) is 17.8. The third-order valence-corrected chi connectivity index (χ3v) is 5.17. The highest BCUT2D eigenvalue weighted by Gasteiger charge is 2.47. The van der Waals surface area contributed by atoms with E-state index in [1.165, 1.54) is 17.7 Å². The predicted octanol–water partition coefficient (Wildman–Crippen LogP) is 2.39. The lowest BCUT2D eigenvalue weighted by molar-refractivity contribution is -0.180. The lowest BCUT2D eigenvalue weighted by atomic mass is 9.90. The molecule has 0 N–H and O–H groups in total. The Morgan fingerprint density at radius 2 is 2.24 bits per heavy atom. The Morgan fingerprint density at radius 3 is 3.00 bits per heavy atom. The van der Waals surface area contributed by atoms with E-state index in [1.807, 2.05) is 18.2 Å². The van der Waals surface area contributed by atoms with E-state index in [-0.39, 0.29) is 12.7 Å². The van der Waals surface area contributed by atoms with Crippen LogP contribution in [0.5, 0.6) is 11.5 Å². The minimum Gasteiger partial charge on any atom is -0.454 e. The number of nitrogens with zero attached hydrogens (tertiary/aromatic N) is 2. The smallest absolute Gasteiger partial charge is 0.266 e. The number of ether oxygens (including phenoxy) is 2. The lowest BCUT2D eigenvalue weighted by Crippen LogP contribution is -2.55. The van der Waals surface area contributed by atoms with Crippen LogP contribution >= 0.6 is 0 Å². The van der Waals surface area contributed by atoms with Gasteiger partial charge in [0.05, 0.1) is 7.11 Å². The number of hydrogen-bond acceptors (Lipinski definition) is 5. The molecule has 0 aromatic heterocycles. The molecule has 0 radical (unpaired) electrons. The van der Waals surface area contributed by atoms with Crippen LogP contribution in [0.15, 0.2) is 30.9 Å². The minimum atomic E-state index is -0.553. The second-order valence-corrected chi connectivity index (χ2v) is 6.54. The highest BCUT2D eigenvalue weighted by Crippen LogP contribution is 2.36. The molecule has 2 aliphatic rings. The molecule has 6 heteroatoms. The van der Waals surface area contributed by atoms with Crippen LogP contribution in [0.3, 0.4) is 0 Å². The Morgan fingerprint density at radius 1 is 1.44 bits per heavy atom. The maximum Gasteiger partial charge on any atom is 0.266 e. The number of likely N-dealkylation sites (tertiary alicyclic amines) is 1. The van der Waals surface area contributed by atoms with Crippen molar-refractivity contribution in [2.45, 2.75) is 31.2 Å². The molecule has 0 spiro atoms. The van der Waals surface area contributed by atoms with E-state index in [2.05, 4.69) is 17.5 Å². The summed E-state index contributed by atoms with van der Waals surface area (Å²) >= 11 is 0. The summed E-state index contributed by atoms with van der Waals surface area (Å²) in [6.07, 6.45) is 5.13. The molecule has 0 bridgehead atoms. The first-order valence-corrected chi connectivity index (χ1v) is 8.67. The van der Waals surface area contributed by atoms with E-state index in [0.29, 0.717) is 6.42 Å². The summed E-state index contributed by atoms with van der Waals surface area (Å²) < 4.78 is 10.8. The van der Waals surface area contributed by atoms with Gasteiger partial charge < -0.3 is 9.47 Å². The quantitative estimate of drug-likeness (QED) is 0.560. The largest absolute Gasteiger partial charge is 0.454 e. The molecule has 3 rings (SSSR count). The van der Waals surface area contributed by atoms with E-state index in [0.717, 1.165) is 43.9 Å². The van der Waals surface area contributed by atoms with Crippen molar-refractivity contribution in [1.82, 2.24) is 9.96 Å². The van der Waals surface area contributed by atoms with Crippen LogP contribution in [0, 0.1) is 0 Å². The molecule has 1 aromatic carbocycles. The average molecular weight is 346 g/mol. The first-order valence-electron chi connectivity index (χ1n) is 8.67. The van der Waals surface area contributed by atoms with E-state index >= 15 is 0 Å². The minimum absolute atomic E-state index is 0.00177. The standard InChI is InChI=1S/C19H26N2O4/c1-4-9-19(18(22)20(2)23-3)10-5-11-21(19)12-8-15-6-7-16-17(13-15)25-14-24-16/h4,6-7,13H,1,5,8-12,14H2,2-3H3/t19-/m1/s1. The molecule has 1 aromatic rings. The van der Waals surface area contributed by atoms with Gasteiger partial charge in [0, 0.05) is 13.6 Å². The average Bonchev–Trinajstić information content (AvgIpc) is 3.25. The van der Waals surface area contributed by atoms with Crippen LogP contribution in [0.1, 0.15) is 24.8 Å². The third-order valence-electron chi connectivity index (χ3n) is 5.17. The molecule has 2 heterocycles. The van der Waals surface area contributed by atoms with Crippen LogP contribution in [0.25, 0.3) is 0 Å². The van der Waals surface area contributed by atoms with E-state index in [4.69, 9.17) is 14.3 Å². The van der Waals surface area contributed by atoms with Gasteiger partial charge in [-0.3, -0.25) is 14.5 Å². The summed E-state index contributed by atoms with van der Waals surface area (Å²) in [5.41, 5.74) is 0.624. The molecule has 0 aliphatic carbocycles. The van der Waals surface area contributed by atoms with Crippen LogP contribution in [-0.2, 0) is 16.1 Å². The molecule has 2 aliphatic heterocycles. The van der Waals surface area contributed by atoms with Gasteiger partial charge in [-0.15, -0.1) is 6.58 Å². The van der Waals surface area contributed by atoms with E-state index < -0.39 is 5.54 Å². The number of carbonyl (C=O) groups is 1. The van der Waals surface area contributed by atoms with Crippen LogP contribution in [0.4, 0.5) is 0 Å². The Hall–Kier alpha value is -2.05. The maximum absolute atomic E-state index is 12.9. The SMILES string of the molecule is C=CC[C@]1(C(=O)N(C)OC)CCCN1CCc1ccc2c(c1)OCO2. The van der Waals surface area contributed by atoms with Gasteiger partial charge in [-0.1, -0.05) is 12.1 Å². The zero-order valence-corrected chi connectivity index (χ0v) is 15.0. The summed E-state index contributed by atoms with van der Waals surface area (Å²) in [4.78, 5) is 20.4. The number of carbonyl (C=O) groups excluding carboxylic acids is 1. The highest BCUT2D eigenvalue weighted by atomic mass is 16.7. The molecule has 136 valence electrons. The molecule has 1 atom stereocenters. The molecule has 25 heavy (non-hydrogen) atoms. The number of likely N-dealkylation sites (N-methyl/N-ethyl adjacent to an activating group) is 1. The Labute approximate surface area is 148 Å². The summed E-state index contributed by atoms with van der Waals surface area (Å²) in [5.74, 6) is 1.59. The van der Waals surface area contributed by atoms with Crippen molar-refractivity contribution in [2.24, 2.45) is 0 Å². The summed E-state index contributed by atoms with van der Waals surface area (Å²) in [6, 6.07) is 6.03. The fourth-order valence-corrected chi connectivity index (χ4v) is 3.80. The predicted molar refractivity (Wildman–Crippen MR) is 94.4 cm³/mol. The number of hydroxylamine groups is 2. The van der Waals surface area contributed by atoms with Crippen molar-refractivity contribution >= 4 is 5.91 Å². The summed E-state index contributed by atoms with van der Waals surface area (Å²) in [5, 5.41) is 1.34. The lowest BCUT2D eigenvalue weighted by Gasteiger charge is -2.38. The van der Waals surface area contributed by atoms with Crippen molar-refractivity contribution < 1.29 is 19.1 Å². The van der Waals surface area contributed by atoms with Crippen LogP contribution < -0.4 is 9.47 Å². The zero-order chi connectivity index (χ0) is 17.9. The first-order chi connectivity index (χ1) is 12.1. The Balaban J connectivity index is 1.73. The fraction of sp³-hybridized carbons (Fsp3) is 0.526. The molecule has 1 amide bonds. The maximum atomic E-state index is 12.9. The molecule has 1 fully saturated rings. The zero-order valence-electron chi connectivity index (χ0n) is 15.0. The summed E-state index contributed by atoms with van der Waals surface area (Å²) in [7, 11) is 3.19. The van der Waals surface area contributed by atoms with Crippen molar-refractivity contribution in [2.75, 3.05) is 34.0 Å². The van der Waals surface area contributed by atoms with Crippen LogP contribution in [0.2, 0.25) is 0 Å². The molecule has 1 saturated heterocycles. The second-order valence-electron chi connectivity index (χ2n) is 6.54. The number of fused-ring (bicyclic) bond motifs is 1. The topological polar surface area (TPSA) is 51.2 Å². The van der Waals surface area contributed by atoms with Gasteiger partial charge in [0.15, 0.2) is 11.5 Å². The number of benzene rings is 1. The van der Waals surface area contributed by atoms with Gasteiger partial charge >= 0.3 is 0 Å². The fourth-order valence-electron chi connectivity index (χ4n) is 3.80. The van der Waals surface area contributed by atoms with Crippen molar-refractivity contribution in [3.05, 3.63) is 36.4 Å². The van der Waals surface area contributed by atoms with Gasteiger partial charge in [0.2, 0.25) is 6.79 Å². The third kappa shape index (κ3) is 3.37. The number of amides is 1. The highest BCUT2D eigenvalue weighted by molar-refractivity contribution is 5.86. The van der Waals surface area contributed by atoms with E-state index in [9.17, 15) is 4.79 Å². The Kier molecular flexibility index (Phi) is 5.30. The molecular weight excluding hydrogens is 320 g/mol. The van der Waals surface area contributed by atoms with Gasteiger partial charge in [-0.05, 0) is 49.9 Å². The normalized spacial score (nSPS) is 22.2. The number of rotatable bonds is 7.